The highest BCUT2D eigenvalue weighted by molar-refractivity contribution is 4.78. The summed E-state index contributed by atoms with van der Waals surface area (Å²) < 4.78 is 0. The minimum atomic E-state index is -0.419. The van der Waals surface area contributed by atoms with Gasteiger partial charge in [0.1, 0.15) is 0 Å². The van der Waals surface area contributed by atoms with Crippen LogP contribution in [0.5, 0.6) is 0 Å². The molecule has 0 aliphatic carbocycles. The summed E-state index contributed by atoms with van der Waals surface area (Å²) >= 11 is 0. The zero-order valence-corrected chi connectivity index (χ0v) is 14.3. The third-order valence-corrected chi connectivity index (χ3v) is 3.48. The fourth-order valence-electron chi connectivity index (χ4n) is 2.07. The minimum absolute atomic E-state index is 0.0341. The monoisotopic (exact) mass is 292 g/mol. The van der Waals surface area contributed by atoms with Crippen LogP contribution in [0.4, 0.5) is 0 Å². The number of hydrogen-bond acceptors (Lipinski definition) is 4. The summed E-state index contributed by atoms with van der Waals surface area (Å²) in [7, 11) is 0. The third-order valence-electron chi connectivity index (χ3n) is 3.48. The number of rotatable bonds is 7. The summed E-state index contributed by atoms with van der Waals surface area (Å²) in [5, 5.41) is 35.9. The number of hydrogen-bond donors (Lipinski definition) is 4. The Hall–Kier alpha value is -0.160. The van der Waals surface area contributed by atoms with Crippen LogP contribution in [0.15, 0.2) is 0 Å². The number of aliphatic hydroxyl groups excluding tert-OH is 4. The van der Waals surface area contributed by atoms with Crippen molar-refractivity contribution >= 4 is 0 Å². The maximum absolute atomic E-state index is 9.49. The van der Waals surface area contributed by atoms with Crippen LogP contribution in [0.3, 0.4) is 0 Å². The normalized spacial score (nSPS) is 15.6. The summed E-state index contributed by atoms with van der Waals surface area (Å²) in [5.41, 5.74) is -0.406. The summed E-state index contributed by atoms with van der Waals surface area (Å²) in [4.78, 5) is 0. The fourth-order valence-corrected chi connectivity index (χ4v) is 2.07. The van der Waals surface area contributed by atoms with E-state index in [2.05, 4.69) is 0 Å². The smallest absolute Gasteiger partial charge is 0.0635 e. The molecule has 0 aliphatic rings. The molecule has 124 valence electrons. The van der Waals surface area contributed by atoms with E-state index in [0.717, 1.165) is 6.42 Å². The van der Waals surface area contributed by atoms with Gasteiger partial charge in [-0.15, -0.1) is 0 Å². The summed E-state index contributed by atoms with van der Waals surface area (Å²) in [6.45, 7) is 14.0. The largest absolute Gasteiger partial charge is 0.396 e. The molecule has 0 amide bonds. The van der Waals surface area contributed by atoms with Crippen molar-refractivity contribution < 1.29 is 20.4 Å². The Morgan fingerprint density at radius 1 is 0.850 bits per heavy atom. The van der Waals surface area contributed by atoms with Gasteiger partial charge < -0.3 is 20.4 Å². The molecule has 0 bridgehead atoms. The van der Waals surface area contributed by atoms with Crippen molar-refractivity contribution in [3.8, 4) is 0 Å². The molecule has 0 spiro atoms. The van der Waals surface area contributed by atoms with Crippen LogP contribution < -0.4 is 0 Å². The van der Waals surface area contributed by atoms with Gasteiger partial charge in [0.2, 0.25) is 0 Å². The standard InChI is InChI=1S/2C8H18O2/c1-7(5-9)4-8(2,3)6-10;1-6(2)7(10)8(3,4)5-9/h7,9-10H,4-6H2,1-3H3;6-7,9-10H,5H2,1-4H3. The van der Waals surface area contributed by atoms with E-state index >= 15 is 0 Å². The van der Waals surface area contributed by atoms with Gasteiger partial charge in [-0.25, -0.2) is 0 Å². The lowest BCUT2D eigenvalue weighted by Gasteiger charge is -2.30. The molecule has 2 atom stereocenters. The molecule has 4 nitrogen and oxygen atoms in total. The van der Waals surface area contributed by atoms with Crippen molar-refractivity contribution in [3.63, 3.8) is 0 Å². The van der Waals surface area contributed by atoms with Crippen LogP contribution in [0.1, 0.15) is 54.9 Å². The zero-order chi connectivity index (χ0) is 16.6. The molecule has 0 heterocycles. The van der Waals surface area contributed by atoms with Crippen LogP contribution >= 0.6 is 0 Å². The first kappa shape index (κ1) is 22.1. The molecule has 4 heteroatoms. The average Bonchev–Trinajstić information content (AvgIpc) is 2.37. The first-order valence-corrected chi connectivity index (χ1v) is 7.44. The van der Waals surface area contributed by atoms with Gasteiger partial charge in [-0.05, 0) is 23.7 Å². The van der Waals surface area contributed by atoms with Crippen molar-refractivity contribution in [1.29, 1.82) is 0 Å². The highest BCUT2D eigenvalue weighted by Crippen LogP contribution is 2.25. The molecule has 0 saturated carbocycles. The van der Waals surface area contributed by atoms with Gasteiger partial charge in [-0.1, -0.05) is 48.5 Å². The highest BCUT2D eigenvalue weighted by atomic mass is 16.3. The summed E-state index contributed by atoms with van der Waals surface area (Å²) in [6.07, 6.45) is 0.456. The quantitative estimate of drug-likeness (QED) is 0.579. The van der Waals surface area contributed by atoms with Crippen LogP contribution in [-0.2, 0) is 0 Å². The van der Waals surface area contributed by atoms with Crippen molar-refractivity contribution in [2.75, 3.05) is 19.8 Å². The van der Waals surface area contributed by atoms with E-state index in [1.165, 1.54) is 0 Å². The SMILES string of the molecule is CC(C)C(O)C(C)(C)CO.CC(CO)CC(C)(C)CO. The molecule has 0 aromatic rings. The number of aliphatic hydroxyl groups is 4. The lowest BCUT2D eigenvalue weighted by atomic mass is 9.82. The Morgan fingerprint density at radius 2 is 1.30 bits per heavy atom. The van der Waals surface area contributed by atoms with Gasteiger partial charge in [0.25, 0.3) is 0 Å². The molecule has 2 unspecified atom stereocenters. The highest BCUT2D eigenvalue weighted by Gasteiger charge is 2.28. The Morgan fingerprint density at radius 3 is 1.50 bits per heavy atom. The second kappa shape index (κ2) is 9.72. The first-order chi connectivity index (χ1) is 8.93. The Labute approximate surface area is 124 Å². The first-order valence-electron chi connectivity index (χ1n) is 7.44. The molecular weight excluding hydrogens is 256 g/mol. The summed E-state index contributed by atoms with van der Waals surface area (Å²) in [5.74, 6) is 0.504. The predicted molar refractivity (Wildman–Crippen MR) is 83.4 cm³/mol. The molecule has 20 heavy (non-hydrogen) atoms. The fraction of sp³-hybridized carbons (Fsp3) is 1.00. The van der Waals surface area contributed by atoms with Crippen LogP contribution in [0, 0.1) is 22.7 Å². The Bertz CT molecular complexity index is 237. The Balaban J connectivity index is 0. The molecule has 0 rings (SSSR count). The molecule has 0 fully saturated rings. The van der Waals surface area contributed by atoms with Gasteiger partial charge in [0.05, 0.1) is 12.7 Å². The van der Waals surface area contributed by atoms with Crippen LogP contribution in [0.25, 0.3) is 0 Å². The minimum Gasteiger partial charge on any atom is -0.396 e. The van der Waals surface area contributed by atoms with Crippen molar-refractivity contribution in [2.45, 2.75) is 61.0 Å². The molecule has 0 radical (unpaired) electrons. The van der Waals surface area contributed by atoms with Gasteiger partial charge in [-0.3, -0.25) is 0 Å². The van der Waals surface area contributed by atoms with Gasteiger partial charge >= 0.3 is 0 Å². The third kappa shape index (κ3) is 9.70. The van der Waals surface area contributed by atoms with E-state index in [4.69, 9.17) is 15.3 Å². The van der Waals surface area contributed by atoms with E-state index in [9.17, 15) is 5.11 Å². The van der Waals surface area contributed by atoms with Crippen LogP contribution in [0.2, 0.25) is 0 Å². The van der Waals surface area contributed by atoms with Gasteiger partial charge in [-0.2, -0.15) is 0 Å². The molecular formula is C16H36O4. The van der Waals surface area contributed by atoms with E-state index in [1.54, 1.807) is 0 Å². The molecule has 0 aliphatic heterocycles. The average molecular weight is 292 g/mol. The molecule has 0 aromatic heterocycles. The van der Waals surface area contributed by atoms with E-state index in [0.29, 0.717) is 5.92 Å². The molecule has 0 saturated heterocycles. The van der Waals surface area contributed by atoms with Gasteiger partial charge in [0, 0.05) is 18.6 Å². The van der Waals surface area contributed by atoms with E-state index in [-0.39, 0.29) is 36.6 Å². The summed E-state index contributed by atoms with van der Waals surface area (Å²) in [6, 6.07) is 0. The lowest BCUT2D eigenvalue weighted by Crippen LogP contribution is -2.36. The van der Waals surface area contributed by atoms with Crippen molar-refractivity contribution in [3.05, 3.63) is 0 Å². The van der Waals surface area contributed by atoms with Crippen LogP contribution in [-0.4, -0.2) is 46.4 Å². The van der Waals surface area contributed by atoms with Crippen molar-refractivity contribution in [2.24, 2.45) is 22.7 Å². The van der Waals surface area contributed by atoms with Gasteiger partial charge in [0.15, 0.2) is 0 Å². The Kier molecular flexibility index (Phi) is 10.8. The molecule has 4 N–H and O–H groups in total. The molecule has 0 aromatic carbocycles. The zero-order valence-electron chi connectivity index (χ0n) is 14.3. The van der Waals surface area contributed by atoms with E-state index in [1.807, 2.05) is 48.5 Å². The van der Waals surface area contributed by atoms with E-state index < -0.39 is 6.10 Å². The topological polar surface area (TPSA) is 80.9 Å². The maximum Gasteiger partial charge on any atom is 0.0635 e. The van der Waals surface area contributed by atoms with Crippen molar-refractivity contribution in [1.82, 2.24) is 0 Å². The second-order valence-corrected chi connectivity index (χ2v) is 7.65. The maximum atomic E-state index is 9.49. The predicted octanol–water partition coefficient (Wildman–Crippen LogP) is 2.05. The lowest BCUT2D eigenvalue weighted by molar-refractivity contribution is -0.0204. The second-order valence-electron chi connectivity index (χ2n) is 7.65.